The number of carbonyl (C=O) groups is 1. The molecule has 0 bridgehead atoms. The number of anilines is 1. The zero-order valence-corrected chi connectivity index (χ0v) is 16.4. The normalized spacial score (nSPS) is 11.4. The summed E-state index contributed by atoms with van der Waals surface area (Å²) in [4.78, 5) is 14.1. The number of nitrogens with one attached hydrogen (secondary N) is 2. The van der Waals surface area contributed by atoms with Gasteiger partial charge in [-0.3, -0.25) is 9.52 Å². The van der Waals surface area contributed by atoms with E-state index in [1.807, 2.05) is 19.0 Å². The maximum absolute atomic E-state index is 13.2. The number of rotatable bonds is 8. The first-order valence-corrected chi connectivity index (χ1v) is 9.99. The fourth-order valence-corrected chi connectivity index (χ4v) is 3.80. The number of amides is 1. The molecule has 0 saturated carbocycles. The smallest absolute Gasteiger partial charge is 0.262 e. The third kappa shape index (κ3) is 6.04. The first kappa shape index (κ1) is 20.9. The molecule has 27 heavy (non-hydrogen) atoms. The van der Waals surface area contributed by atoms with Gasteiger partial charge in [0.2, 0.25) is 0 Å². The first-order valence-electron chi connectivity index (χ1n) is 8.51. The summed E-state index contributed by atoms with van der Waals surface area (Å²) in [6.07, 6.45) is 0.841. The van der Waals surface area contributed by atoms with E-state index in [4.69, 9.17) is 0 Å². The monoisotopic (exact) mass is 393 g/mol. The molecular formula is C19H24FN3O3S. The molecule has 2 aromatic rings. The molecule has 2 aromatic carbocycles. The Balaban J connectivity index is 2.01. The second kappa shape index (κ2) is 8.96. The second-order valence-corrected chi connectivity index (χ2v) is 8.16. The van der Waals surface area contributed by atoms with Gasteiger partial charge in [0.05, 0.1) is 4.90 Å². The Hall–Kier alpha value is -2.45. The van der Waals surface area contributed by atoms with Crippen LogP contribution in [0.15, 0.2) is 47.4 Å². The molecule has 0 spiro atoms. The summed E-state index contributed by atoms with van der Waals surface area (Å²) in [7, 11) is 0.0931. The number of hydrogen-bond acceptors (Lipinski definition) is 4. The highest BCUT2D eigenvalue weighted by Crippen LogP contribution is 2.20. The Labute approximate surface area is 159 Å². The van der Waals surface area contributed by atoms with Gasteiger partial charge < -0.3 is 10.2 Å². The lowest BCUT2D eigenvalue weighted by Crippen LogP contribution is -2.27. The van der Waals surface area contributed by atoms with Crippen LogP contribution in [0.3, 0.4) is 0 Å². The lowest BCUT2D eigenvalue weighted by atomic mass is 10.2. The van der Waals surface area contributed by atoms with E-state index >= 15 is 0 Å². The van der Waals surface area contributed by atoms with Crippen molar-refractivity contribution < 1.29 is 17.6 Å². The van der Waals surface area contributed by atoms with Crippen molar-refractivity contribution in [3.63, 3.8) is 0 Å². The van der Waals surface area contributed by atoms with Gasteiger partial charge in [0.1, 0.15) is 5.82 Å². The van der Waals surface area contributed by atoms with Crippen LogP contribution in [-0.2, 0) is 10.0 Å². The Morgan fingerprint density at radius 1 is 1.11 bits per heavy atom. The molecule has 2 rings (SSSR count). The summed E-state index contributed by atoms with van der Waals surface area (Å²) in [5.74, 6) is -0.704. The zero-order chi connectivity index (χ0) is 20.0. The number of sulfonamides is 1. The molecule has 0 aliphatic heterocycles. The molecule has 0 heterocycles. The number of benzene rings is 2. The van der Waals surface area contributed by atoms with E-state index in [0.29, 0.717) is 23.4 Å². The fraction of sp³-hybridized carbons (Fsp3) is 0.316. The summed E-state index contributed by atoms with van der Waals surface area (Å²) >= 11 is 0. The average molecular weight is 393 g/mol. The van der Waals surface area contributed by atoms with Crippen molar-refractivity contribution in [3.8, 4) is 0 Å². The number of halogens is 1. The van der Waals surface area contributed by atoms with E-state index in [9.17, 15) is 17.6 Å². The molecule has 0 atom stereocenters. The summed E-state index contributed by atoms with van der Waals surface area (Å²) in [5.41, 5.74) is 1.08. The maximum Gasteiger partial charge on any atom is 0.262 e. The number of carbonyl (C=O) groups excluding carboxylic acids is 1. The Morgan fingerprint density at radius 2 is 1.78 bits per heavy atom. The lowest BCUT2D eigenvalue weighted by Gasteiger charge is -2.12. The molecule has 0 aliphatic carbocycles. The van der Waals surface area contributed by atoms with Crippen molar-refractivity contribution in [1.29, 1.82) is 0 Å². The predicted octanol–water partition coefficient (Wildman–Crippen LogP) is 2.62. The van der Waals surface area contributed by atoms with Crippen LogP contribution in [0.5, 0.6) is 0 Å². The van der Waals surface area contributed by atoms with Crippen molar-refractivity contribution in [2.24, 2.45) is 0 Å². The topological polar surface area (TPSA) is 78.5 Å². The molecule has 2 N–H and O–H groups in total. The van der Waals surface area contributed by atoms with Gasteiger partial charge in [0.15, 0.2) is 0 Å². The molecule has 0 radical (unpaired) electrons. The summed E-state index contributed by atoms with van der Waals surface area (Å²) in [5, 5.41) is 2.82. The molecule has 0 saturated heterocycles. The van der Waals surface area contributed by atoms with E-state index in [-0.39, 0.29) is 10.8 Å². The highest BCUT2D eigenvalue weighted by Gasteiger charge is 2.17. The molecule has 1 amide bonds. The van der Waals surface area contributed by atoms with Crippen LogP contribution >= 0.6 is 0 Å². The van der Waals surface area contributed by atoms with Gasteiger partial charge in [-0.25, -0.2) is 12.8 Å². The minimum absolute atomic E-state index is 0.00612. The Kier molecular flexibility index (Phi) is 6.92. The van der Waals surface area contributed by atoms with Gasteiger partial charge >= 0.3 is 0 Å². The number of aryl methyl sites for hydroxylation is 1. The molecule has 6 nitrogen and oxygen atoms in total. The van der Waals surface area contributed by atoms with Gasteiger partial charge in [-0.15, -0.1) is 0 Å². The Bertz CT molecular complexity index is 897. The molecule has 8 heteroatoms. The average Bonchev–Trinajstić information content (AvgIpc) is 2.58. The molecule has 0 aliphatic rings. The minimum atomic E-state index is -3.84. The molecule has 0 fully saturated rings. The van der Waals surface area contributed by atoms with Crippen LogP contribution in [-0.4, -0.2) is 46.4 Å². The highest BCUT2D eigenvalue weighted by atomic mass is 32.2. The summed E-state index contributed by atoms with van der Waals surface area (Å²) in [6, 6.07) is 9.63. The van der Waals surface area contributed by atoms with Crippen molar-refractivity contribution >= 4 is 21.6 Å². The maximum atomic E-state index is 13.2. The third-order valence-electron chi connectivity index (χ3n) is 3.89. The minimum Gasteiger partial charge on any atom is -0.352 e. The van der Waals surface area contributed by atoms with Crippen LogP contribution in [0.2, 0.25) is 0 Å². The van der Waals surface area contributed by atoms with Gasteiger partial charge in [0, 0.05) is 17.8 Å². The number of nitrogens with zero attached hydrogens (tertiary/aromatic N) is 1. The third-order valence-corrected chi connectivity index (χ3v) is 5.43. The van der Waals surface area contributed by atoms with Crippen LogP contribution in [0, 0.1) is 12.7 Å². The first-order chi connectivity index (χ1) is 12.7. The van der Waals surface area contributed by atoms with Crippen LogP contribution in [0.25, 0.3) is 0 Å². The van der Waals surface area contributed by atoms with E-state index in [0.717, 1.165) is 25.1 Å². The van der Waals surface area contributed by atoms with E-state index in [1.54, 1.807) is 12.1 Å². The quantitative estimate of drug-likeness (QED) is 0.676. The predicted molar refractivity (Wildman–Crippen MR) is 104 cm³/mol. The van der Waals surface area contributed by atoms with E-state index in [1.165, 1.54) is 25.1 Å². The second-order valence-electron chi connectivity index (χ2n) is 6.51. The van der Waals surface area contributed by atoms with E-state index in [2.05, 4.69) is 10.0 Å². The van der Waals surface area contributed by atoms with Gasteiger partial charge in [-0.05, 0) is 82.0 Å². The SMILES string of the molecule is Cc1cc(F)ccc1S(=O)(=O)Nc1ccc(C(=O)NCCCN(C)C)cc1. The van der Waals surface area contributed by atoms with Crippen LogP contribution in [0.1, 0.15) is 22.3 Å². The van der Waals surface area contributed by atoms with Crippen molar-refractivity contribution in [2.75, 3.05) is 31.9 Å². The Morgan fingerprint density at radius 3 is 2.37 bits per heavy atom. The van der Waals surface area contributed by atoms with Gasteiger partial charge in [0.25, 0.3) is 15.9 Å². The summed E-state index contributed by atoms with van der Waals surface area (Å²) in [6.45, 7) is 2.97. The molecular weight excluding hydrogens is 369 g/mol. The molecule has 0 aromatic heterocycles. The van der Waals surface area contributed by atoms with Crippen molar-refractivity contribution in [1.82, 2.24) is 10.2 Å². The van der Waals surface area contributed by atoms with Crippen molar-refractivity contribution in [3.05, 3.63) is 59.4 Å². The standard InChI is InChI=1S/C19H24FN3O3S/c1-14-13-16(20)7-10-18(14)27(25,26)22-17-8-5-15(6-9-17)19(24)21-11-4-12-23(2)3/h5-10,13,22H,4,11-12H2,1-3H3,(H,21,24). The van der Waals surface area contributed by atoms with Gasteiger partial charge in [-0.2, -0.15) is 0 Å². The fourth-order valence-electron chi connectivity index (χ4n) is 2.51. The van der Waals surface area contributed by atoms with Crippen molar-refractivity contribution in [2.45, 2.75) is 18.2 Å². The highest BCUT2D eigenvalue weighted by molar-refractivity contribution is 7.92. The largest absolute Gasteiger partial charge is 0.352 e. The molecule has 0 unspecified atom stereocenters. The van der Waals surface area contributed by atoms with Gasteiger partial charge in [-0.1, -0.05) is 0 Å². The number of hydrogen-bond donors (Lipinski definition) is 2. The lowest BCUT2D eigenvalue weighted by molar-refractivity contribution is 0.0952. The zero-order valence-electron chi connectivity index (χ0n) is 15.6. The summed E-state index contributed by atoms with van der Waals surface area (Å²) < 4.78 is 40.5. The van der Waals surface area contributed by atoms with E-state index < -0.39 is 15.8 Å². The van der Waals surface area contributed by atoms with Crippen LogP contribution < -0.4 is 10.0 Å². The van der Waals surface area contributed by atoms with Crippen LogP contribution in [0.4, 0.5) is 10.1 Å². The molecule has 146 valence electrons.